The highest BCUT2D eigenvalue weighted by Crippen LogP contribution is 2.29. The molecule has 0 aliphatic carbocycles. The van der Waals surface area contributed by atoms with Crippen LogP contribution >= 0.6 is 23.4 Å². The van der Waals surface area contributed by atoms with Crippen LogP contribution in [0.2, 0.25) is 5.02 Å². The molecule has 1 amide bonds. The fraction of sp³-hybridized carbons (Fsp3) is 0.0833. The van der Waals surface area contributed by atoms with Gasteiger partial charge in [0.05, 0.1) is 28.4 Å². The molecule has 168 valence electrons. The van der Waals surface area contributed by atoms with Crippen LogP contribution in [0.1, 0.15) is 11.4 Å². The summed E-state index contributed by atoms with van der Waals surface area (Å²) in [6.45, 7) is 1.82. The van der Waals surface area contributed by atoms with Gasteiger partial charge in [0.25, 0.3) is 10.0 Å². The van der Waals surface area contributed by atoms with Crippen molar-refractivity contribution in [3.63, 3.8) is 0 Å². The second-order valence-electron chi connectivity index (χ2n) is 7.26. The third kappa shape index (κ3) is 5.84. The lowest BCUT2D eigenvalue weighted by Crippen LogP contribution is -2.32. The summed E-state index contributed by atoms with van der Waals surface area (Å²) in [4.78, 5) is 14.4. The number of rotatable bonds is 7. The molecule has 33 heavy (non-hydrogen) atoms. The molecule has 0 aliphatic heterocycles. The molecule has 0 fully saturated rings. The molecule has 1 N–H and O–H groups in total. The number of nitrogens with zero attached hydrogens (tertiary/aromatic N) is 2. The van der Waals surface area contributed by atoms with E-state index in [0.29, 0.717) is 10.7 Å². The zero-order valence-corrected chi connectivity index (χ0v) is 20.0. The van der Waals surface area contributed by atoms with Crippen molar-refractivity contribution in [3.8, 4) is 5.69 Å². The fourth-order valence-corrected chi connectivity index (χ4v) is 5.13. The van der Waals surface area contributed by atoms with E-state index in [4.69, 9.17) is 11.6 Å². The molecule has 4 aromatic rings. The summed E-state index contributed by atoms with van der Waals surface area (Å²) in [5, 5.41) is 5.07. The minimum atomic E-state index is -4.00. The topological polar surface area (TPSA) is 81.1 Å². The molecular weight excluding hydrogens is 478 g/mol. The minimum Gasteiger partial charge on any atom is -0.274 e. The largest absolute Gasteiger partial charge is 0.274 e. The predicted molar refractivity (Wildman–Crippen MR) is 129 cm³/mol. The van der Waals surface area contributed by atoms with Gasteiger partial charge >= 0.3 is 0 Å². The van der Waals surface area contributed by atoms with Crippen LogP contribution in [-0.4, -0.2) is 24.1 Å². The summed E-state index contributed by atoms with van der Waals surface area (Å²) >= 11 is 7.39. The molecule has 0 radical (unpaired) electrons. The summed E-state index contributed by atoms with van der Waals surface area (Å²) in [6.07, 6.45) is -0.126. The SMILES string of the molecule is Cc1cc(CC(=O)NS(=O)(=O)c2ccc(Sc3ccc(Cl)cc3)cc2)n(-c2ccccc2)n1. The first kappa shape index (κ1) is 23.1. The van der Waals surface area contributed by atoms with E-state index in [9.17, 15) is 13.2 Å². The van der Waals surface area contributed by atoms with Gasteiger partial charge in [-0.2, -0.15) is 5.10 Å². The van der Waals surface area contributed by atoms with E-state index in [1.54, 1.807) is 35.0 Å². The third-order valence-corrected chi connectivity index (χ3v) is 7.34. The van der Waals surface area contributed by atoms with E-state index in [2.05, 4.69) is 9.82 Å². The number of aryl methyl sites for hydroxylation is 1. The summed E-state index contributed by atoms with van der Waals surface area (Å²) < 4.78 is 29.2. The van der Waals surface area contributed by atoms with Gasteiger partial charge in [-0.3, -0.25) is 4.79 Å². The van der Waals surface area contributed by atoms with E-state index in [-0.39, 0.29) is 11.3 Å². The van der Waals surface area contributed by atoms with Crippen LogP contribution in [0.3, 0.4) is 0 Å². The Labute approximate surface area is 201 Å². The van der Waals surface area contributed by atoms with Crippen molar-refractivity contribution in [1.82, 2.24) is 14.5 Å². The number of nitrogens with one attached hydrogen (secondary N) is 1. The van der Waals surface area contributed by atoms with E-state index in [1.807, 2.05) is 49.4 Å². The molecule has 0 atom stereocenters. The minimum absolute atomic E-state index is 0.0176. The lowest BCUT2D eigenvalue weighted by molar-refractivity contribution is -0.118. The van der Waals surface area contributed by atoms with Crippen LogP contribution in [0.25, 0.3) is 5.69 Å². The Morgan fingerprint density at radius 3 is 2.21 bits per heavy atom. The molecule has 6 nitrogen and oxygen atoms in total. The molecule has 1 heterocycles. The second kappa shape index (κ2) is 9.82. The maximum atomic E-state index is 12.7. The molecule has 0 bridgehead atoms. The van der Waals surface area contributed by atoms with Crippen molar-refractivity contribution in [2.45, 2.75) is 28.0 Å². The van der Waals surface area contributed by atoms with Crippen molar-refractivity contribution in [2.75, 3.05) is 0 Å². The number of amides is 1. The lowest BCUT2D eigenvalue weighted by atomic mass is 10.2. The molecule has 0 aliphatic rings. The van der Waals surface area contributed by atoms with E-state index < -0.39 is 15.9 Å². The zero-order chi connectivity index (χ0) is 23.4. The number of carbonyl (C=O) groups excluding carboxylic acids is 1. The Morgan fingerprint density at radius 2 is 1.58 bits per heavy atom. The van der Waals surface area contributed by atoms with Crippen molar-refractivity contribution < 1.29 is 13.2 Å². The van der Waals surface area contributed by atoms with Crippen LogP contribution in [0, 0.1) is 6.92 Å². The molecule has 0 unspecified atom stereocenters. The quantitative estimate of drug-likeness (QED) is 0.387. The lowest BCUT2D eigenvalue weighted by Gasteiger charge is -2.10. The predicted octanol–water partition coefficient (Wildman–Crippen LogP) is 5.03. The Balaban J connectivity index is 1.45. The maximum Gasteiger partial charge on any atom is 0.264 e. The van der Waals surface area contributed by atoms with Crippen LogP contribution in [0.15, 0.2) is 99.6 Å². The average molecular weight is 498 g/mol. The van der Waals surface area contributed by atoms with Gasteiger partial charge in [-0.1, -0.05) is 41.6 Å². The maximum absolute atomic E-state index is 12.7. The number of carbonyl (C=O) groups is 1. The highest BCUT2D eigenvalue weighted by Gasteiger charge is 2.20. The Hall–Kier alpha value is -3.07. The molecule has 9 heteroatoms. The standard InChI is InChI=1S/C24H20ClN3O3S2/c1-17-15-20(28(26-17)19-5-3-2-4-6-19)16-24(29)27-33(30,31)23-13-11-22(12-14-23)32-21-9-7-18(25)8-10-21/h2-15H,16H2,1H3,(H,27,29). The van der Waals surface area contributed by atoms with Gasteiger partial charge in [0.2, 0.25) is 5.91 Å². The fourth-order valence-electron chi connectivity index (χ4n) is 3.21. The normalized spacial score (nSPS) is 11.3. The molecular formula is C24H20ClN3O3S2. The highest BCUT2D eigenvalue weighted by molar-refractivity contribution is 7.99. The van der Waals surface area contributed by atoms with Gasteiger partial charge < -0.3 is 0 Å². The first-order valence-electron chi connectivity index (χ1n) is 10.0. The number of halogens is 1. The van der Waals surface area contributed by atoms with Gasteiger partial charge in [-0.15, -0.1) is 0 Å². The Bertz CT molecular complexity index is 1370. The van der Waals surface area contributed by atoms with E-state index >= 15 is 0 Å². The van der Waals surface area contributed by atoms with Crippen molar-refractivity contribution in [3.05, 3.63) is 101 Å². The summed E-state index contributed by atoms with van der Waals surface area (Å²) in [6, 6.07) is 24.9. The zero-order valence-electron chi connectivity index (χ0n) is 17.6. The number of hydrogen-bond donors (Lipinski definition) is 1. The van der Waals surface area contributed by atoms with Crippen LogP contribution in [-0.2, 0) is 21.2 Å². The molecule has 3 aromatic carbocycles. The first-order valence-corrected chi connectivity index (χ1v) is 12.7. The molecule has 0 spiro atoms. The number of aromatic nitrogens is 2. The number of hydrogen-bond acceptors (Lipinski definition) is 5. The van der Waals surface area contributed by atoms with Gasteiger partial charge in [0.15, 0.2) is 0 Å². The highest BCUT2D eigenvalue weighted by atomic mass is 35.5. The first-order chi connectivity index (χ1) is 15.8. The second-order valence-corrected chi connectivity index (χ2v) is 10.5. The van der Waals surface area contributed by atoms with Crippen LogP contribution in [0.4, 0.5) is 0 Å². The van der Waals surface area contributed by atoms with Crippen LogP contribution in [0.5, 0.6) is 0 Å². The van der Waals surface area contributed by atoms with E-state index in [0.717, 1.165) is 21.2 Å². The van der Waals surface area contributed by atoms with Crippen molar-refractivity contribution in [1.29, 1.82) is 0 Å². The molecule has 4 rings (SSSR count). The molecule has 0 saturated heterocycles. The summed E-state index contributed by atoms with van der Waals surface area (Å²) in [7, 11) is -4.00. The Morgan fingerprint density at radius 1 is 0.970 bits per heavy atom. The third-order valence-electron chi connectivity index (χ3n) is 4.68. The van der Waals surface area contributed by atoms with Gasteiger partial charge in [0.1, 0.15) is 0 Å². The van der Waals surface area contributed by atoms with Crippen molar-refractivity contribution in [2.24, 2.45) is 0 Å². The average Bonchev–Trinajstić information content (AvgIpc) is 3.15. The van der Waals surface area contributed by atoms with E-state index in [1.165, 1.54) is 23.9 Å². The van der Waals surface area contributed by atoms with Gasteiger partial charge in [0, 0.05) is 14.8 Å². The smallest absolute Gasteiger partial charge is 0.264 e. The molecule has 0 saturated carbocycles. The summed E-state index contributed by atoms with van der Waals surface area (Å²) in [5.41, 5.74) is 2.13. The van der Waals surface area contributed by atoms with Gasteiger partial charge in [-0.25, -0.2) is 17.8 Å². The monoisotopic (exact) mass is 497 g/mol. The number of sulfonamides is 1. The molecule has 1 aromatic heterocycles. The Kier molecular flexibility index (Phi) is 6.88. The van der Waals surface area contributed by atoms with Crippen LogP contribution < -0.4 is 4.72 Å². The van der Waals surface area contributed by atoms with Gasteiger partial charge in [-0.05, 0) is 73.7 Å². The summed E-state index contributed by atoms with van der Waals surface area (Å²) in [5.74, 6) is -0.633. The number of benzene rings is 3. The van der Waals surface area contributed by atoms with Crippen molar-refractivity contribution >= 4 is 39.3 Å². The number of para-hydroxylation sites is 1.